The van der Waals surface area contributed by atoms with Crippen LogP contribution >= 0.6 is 11.8 Å². The Morgan fingerprint density at radius 2 is 1.78 bits per heavy atom. The summed E-state index contributed by atoms with van der Waals surface area (Å²) in [6.45, 7) is 10.8. The molecule has 0 atom stereocenters. The third-order valence-electron chi connectivity index (χ3n) is 5.17. The fraction of sp³-hybridized carbons (Fsp3) is 0.524. The Kier molecular flexibility index (Phi) is 6.73. The van der Waals surface area contributed by atoms with Crippen molar-refractivity contribution in [3.8, 4) is 0 Å². The Labute approximate surface area is 165 Å². The lowest BCUT2D eigenvalue weighted by Gasteiger charge is -2.27. The van der Waals surface area contributed by atoms with Crippen molar-refractivity contribution in [2.24, 2.45) is 0 Å². The van der Waals surface area contributed by atoms with Gasteiger partial charge in [-0.1, -0.05) is 25.1 Å². The molecule has 0 saturated carbocycles. The number of morpholine rings is 1. The molecule has 6 heteroatoms. The van der Waals surface area contributed by atoms with Crippen LogP contribution in [0.5, 0.6) is 0 Å². The van der Waals surface area contributed by atoms with Crippen molar-refractivity contribution in [1.29, 1.82) is 0 Å². The molecular weight excluding hydrogens is 360 g/mol. The van der Waals surface area contributed by atoms with Gasteiger partial charge in [0.25, 0.3) is 11.8 Å². The number of hydrogen-bond donors (Lipinski definition) is 0. The second kappa shape index (κ2) is 9.04. The predicted octanol–water partition coefficient (Wildman–Crippen LogP) is 2.86. The summed E-state index contributed by atoms with van der Waals surface area (Å²) in [4.78, 5) is 30.4. The number of carbonyl (C=O) groups is 2. The van der Waals surface area contributed by atoms with E-state index in [-0.39, 0.29) is 11.8 Å². The second-order valence-corrected chi connectivity index (χ2v) is 8.28. The molecule has 1 aromatic carbocycles. The van der Waals surface area contributed by atoms with Gasteiger partial charge in [0.1, 0.15) is 0 Å². The largest absolute Gasteiger partial charge is 0.379 e. The number of hydrogen-bond acceptors (Lipinski definition) is 5. The minimum Gasteiger partial charge on any atom is -0.379 e. The van der Waals surface area contributed by atoms with Crippen LogP contribution in [0, 0.1) is 13.8 Å². The summed E-state index contributed by atoms with van der Waals surface area (Å²) in [6, 6.07) is 5.99. The fourth-order valence-electron chi connectivity index (χ4n) is 3.46. The van der Waals surface area contributed by atoms with E-state index < -0.39 is 0 Å². The van der Waals surface area contributed by atoms with Gasteiger partial charge >= 0.3 is 0 Å². The summed E-state index contributed by atoms with van der Waals surface area (Å²) in [5.74, 6) is 0.479. The molecule has 0 radical (unpaired) electrons. The highest BCUT2D eigenvalue weighted by molar-refractivity contribution is 8.04. The van der Waals surface area contributed by atoms with Gasteiger partial charge in [0.2, 0.25) is 0 Å². The zero-order valence-electron chi connectivity index (χ0n) is 16.4. The van der Waals surface area contributed by atoms with E-state index in [1.54, 1.807) is 0 Å². The average molecular weight is 389 g/mol. The van der Waals surface area contributed by atoms with Crippen LogP contribution in [0.4, 0.5) is 0 Å². The Bertz CT molecular complexity index is 754. The van der Waals surface area contributed by atoms with Gasteiger partial charge in [0.05, 0.1) is 23.7 Å². The van der Waals surface area contributed by atoms with Crippen molar-refractivity contribution in [2.75, 3.05) is 45.1 Å². The lowest BCUT2D eigenvalue weighted by Crippen LogP contribution is -2.39. The normalized spacial score (nSPS) is 18.7. The maximum atomic E-state index is 13.1. The molecule has 0 N–H and O–H groups in total. The summed E-state index contributed by atoms with van der Waals surface area (Å²) >= 11 is 1.47. The van der Waals surface area contributed by atoms with Crippen LogP contribution in [0.1, 0.15) is 30.0 Å². The zero-order chi connectivity index (χ0) is 19.4. The number of benzene rings is 1. The molecule has 0 unspecified atom stereocenters. The third-order valence-corrected chi connectivity index (χ3v) is 6.13. The molecule has 1 saturated heterocycles. The van der Waals surface area contributed by atoms with E-state index in [1.807, 2.05) is 32.0 Å². The number of thioether (sulfide) groups is 1. The topological polar surface area (TPSA) is 49.9 Å². The monoisotopic (exact) mass is 388 g/mol. The Balaban J connectivity index is 1.74. The first-order chi connectivity index (χ1) is 13.0. The van der Waals surface area contributed by atoms with E-state index in [9.17, 15) is 9.59 Å². The minimum absolute atomic E-state index is 0.137. The number of aryl methyl sites for hydroxylation is 2. The number of rotatable bonds is 7. The van der Waals surface area contributed by atoms with Gasteiger partial charge in [0.15, 0.2) is 0 Å². The number of carbonyl (C=O) groups excluding carboxylic acids is 2. The number of imide groups is 1. The molecule has 0 bridgehead atoms. The Morgan fingerprint density at radius 1 is 1.04 bits per heavy atom. The van der Waals surface area contributed by atoms with E-state index in [1.165, 1.54) is 22.2 Å². The van der Waals surface area contributed by atoms with Gasteiger partial charge in [-0.25, -0.2) is 0 Å². The van der Waals surface area contributed by atoms with E-state index in [2.05, 4.69) is 11.8 Å². The SMILES string of the molecule is CCSC1=C(c2ccc(C)c(C)c2)C(=O)N(CCCN2CCOCC2)C1=O. The fourth-order valence-corrected chi connectivity index (χ4v) is 4.34. The summed E-state index contributed by atoms with van der Waals surface area (Å²) in [6.07, 6.45) is 0.793. The predicted molar refractivity (Wildman–Crippen MR) is 110 cm³/mol. The second-order valence-electron chi connectivity index (χ2n) is 7.01. The standard InChI is InChI=1S/C21H28N2O3S/c1-4-27-19-18(17-7-6-15(2)16(3)14-17)20(24)23(21(19)25)9-5-8-22-10-12-26-13-11-22/h6-7,14H,4-5,8-13H2,1-3H3. The van der Waals surface area contributed by atoms with Crippen molar-refractivity contribution < 1.29 is 14.3 Å². The molecule has 2 heterocycles. The van der Waals surface area contributed by atoms with Gasteiger partial charge in [-0.2, -0.15) is 0 Å². The van der Waals surface area contributed by atoms with Crippen molar-refractivity contribution in [3.05, 3.63) is 39.8 Å². The van der Waals surface area contributed by atoms with Crippen molar-refractivity contribution >= 4 is 29.1 Å². The van der Waals surface area contributed by atoms with Gasteiger partial charge < -0.3 is 4.74 Å². The molecule has 3 rings (SSSR count). The Morgan fingerprint density at radius 3 is 2.44 bits per heavy atom. The van der Waals surface area contributed by atoms with Crippen LogP contribution < -0.4 is 0 Å². The zero-order valence-corrected chi connectivity index (χ0v) is 17.2. The van der Waals surface area contributed by atoms with E-state index >= 15 is 0 Å². The highest BCUT2D eigenvalue weighted by atomic mass is 32.2. The maximum absolute atomic E-state index is 13.1. The summed E-state index contributed by atoms with van der Waals surface area (Å²) in [5, 5.41) is 0. The summed E-state index contributed by atoms with van der Waals surface area (Å²) in [5.41, 5.74) is 3.74. The lowest BCUT2D eigenvalue weighted by atomic mass is 10.0. The first kappa shape index (κ1) is 20.1. The van der Waals surface area contributed by atoms with Crippen LogP contribution in [-0.2, 0) is 14.3 Å². The molecule has 2 aliphatic heterocycles. The van der Waals surface area contributed by atoms with Crippen LogP contribution in [0.2, 0.25) is 0 Å². The molecule has 0 spiro atoms. The first-order valence-electron chi connectivity index (χ1n) is 9.64. The third kappa shape index (κ3) is 4.45. The van der Waals surface area contributed by atoms with E-state index in [0.717, 1.165) is 56.1 Å². The molecule has 146 valence electrons. The molecule has 2 amide bonds. The van der Waals surface area contributed by atoms with Crippen LogP contribution in [0.25, 0.3) is 5.57 Å². The molecule has 5 nitrogen and oxygen atoms in total. The molecule has 2 aliphatic rings. The van der Waals surface area contributed by atoms with Gasteiger partial charge in [0, 0.05) is 26.2 Å². The van der Waals surface area contributed by atoms with E-state index in [0.29, 0.717) is 17.0 Å². The maximum Gasteiger partial charge on any atom is 0.267 e. The smallest absolute Gasteiger partial charge is 0.267 e. The quantitative estimate of drug-likeness (QED) is 0.673. The molecular formula is C21H28N2O3S. The molecule has 0 aliphatic carbocycles. The van der Waals surface area contributed by atoms with Crippen molar-refractivity contribution in [3.63, 3.8) is 0 Å². The minimum atomic E-state index is -0.152. The molecule has 1 aromatic rings. The Hall–Kier alpha value is -1.63. The average Bonchev–Trinajstić information content (AvgIpc) is 2.90. The van der Waals surface area contributed by atoms with E-state index in [4.69, 9.17) is 4.74 Å². The van der Waals surface area contributed by atoms with Crippen LogP contribution in [0.3, 0.4) is 0 Å². The first-order valence-corrected chi connectivity index (χ1v) is 10.6. The molecule has 1 fully saturated rings. The number of amides is 2. The van der Waals surface area contributed by atoms with Crippen molar-refractivity contribution in [2.45, 2.75) is 27.2 Å². The van der Waals surface area contributed by atoms with Gasteiger partial charge in [-0.15, -0.1) is 11.8 Å². The molecule has 0 aromatic heterocycles. The van der Waals surface area contributed by atoms with Crippen LogP contribution in [-0.4, -0.2) is 66.8 Å². The number of nitrogens with zero attached hydrogens (tertiary/aromatic N) is 2. The van der Waals surface area contributed by atoms with Crippen LogP contribution in [0.15, 0.2) is 23.1 Å². The highest BCUT2D eigenvalue weighted by Crippen LogP contribution is 2.36. The summed E-state index contributed by atoms with van der Waals surface area (Å²) < 4.78 is 5.37. The van der Waals surface area contributed by atoms with Crippen molar-refractivity contribution in [1.82, 2.24) is 9.80 Å². The van der Waals surface area contributed by atoms with Gasteiger partial charge in [-0.3, -0.25) is 19.4 Å². The highest BCUT2D eigenvalue weighted by Gasteiger charge is 2.38. The molecule has 27 heavy (non-hydrogen) atoms. The lowest BCUT2D eigenvalue weighted by molar-refractivity contribution is -0.136. The van der Waals surface area contributed by atoms with Gasteiger partial charge in [-0.05, 0) is 42.7 Å². The summed E-state index contributed by atoms with van der Waals surface area (Å²) in [7, 11) is 0. The number of ether oxygens (including phenoxy) is 1.